The topological polar surface area (TPSA) is 55.4 Å². The Morgan fingerprint density at radius 3 is 1.03 bits per heavy atom. The van der Waals surface area contributed by atoms with E-state index in [1.54, 1.807) is 0 Å². The molecule has 0 saturated heterocycles. The van der Waals surface area contributed by atoms with Crippen molar-refractivity contribution in [2.75, 3.05) is 39.6 Å². The molecule has 0 atom stereocenters. The molecular formula is C22H38O6Si2. The van der Waals surface area contributed by atoms with Crippen LogP contribution in [-0.2, 0) is 26.6 Å². The Morgan fingerprint density at radius 1 is 0.533 bits per heavy atom. The van der Waals surface area contributed by atoms with Crippen molar-refractivity contribution in [1.82, 2.24) is 0 Å². The Labute approximate surface area is 184 Å². The Kier molecular flexibility index (Phi) is 13.3. The molecule has 0 radical (unpaired) electrons. The van der Waals surface area contributed by atoms with Crippen LogP contribution in [0.5, 0.6) is 0 Å². The van der Waals surface area contributed by atoms with Gasteiger partial charge >= 0.3 is 17.6 Å². The first kappa shape index (κ1) is 26.9. The second kappa shape index (κ2) is 14.8. The smallest absolute Gasteiger partial charge is 0.371 e. The maximum atomic E-state index is 5.92. The molecule has 30 heavy (non-hydrogen) atoms. The van der Waals surface area contributed by atoms with E-state index < -0.39 is 17.6 Å². The van der Waals surface area contributed by atoms with Crippen LogP contribution in [0.25, 0.3) is 12.2 Å². The van der Waals surface area contributed by atoms with Gasteiger partial charge in [0.05, 0.1) is 0 Å². The highest BCUT2D eigenvalue weighted by Gasteiger charge is 2.38. The van der Waals surface area contributed by atoms with E-state index in [2.05, 4.69) is 0 Å². The summed E-state index contributed by atoms with van der Waals surface area (Å²) in [6.45, 7) is 14.9. The second-order valence-electron chi connectivity index (χ2n) is 6.10. The van der Waals surface area contributed by atoms with Gasteiger partial charge < -0.3 is 26.6 Å². The summed E-state index contributed by atoms with van der Waals surface area (Å²) >= 11 is 0. The van der Waals surface area contributed by atoms with Gasteiger partial charge in [0.1, 0.15) is 0 Å². The van der Waals surface area contributed by atoms with Crippen LogP contribution in [0, 0.1) is 0 Å². The standard InChI is InChI=1S/C22H38O6Si2/c1-7-23-29(24-8-2,25-9-3)19-17-21-15-13-14-16-22(21)18-20-30(26-10-4,27-11-5)28-12-6/h13-20H,7-12H2,1-6H3/b19-17+,20-18+. The molecule has 1 aromatic rings. The molecule has 0 N–H and O–H groups in total. The molecular weight excluding hydrogens is 416 g/mol. The highest BCUT2D eigenvalue weighted by Crippen LogP contribution is 2.20. The first-order valence-electron chi connectivity index (χ1n) is 10.8. The lowest BCUT2D eigenvalue weighted by atomic mass is 10.1. The lowest BCUT2D eigenvalue weighted by Crippen LogP contribution is -2.44. The molecule has 170 valence electrons. The highest BCUT2D eigenvalue weighted by molar-refractivity contribution is 6.67. The van der Waals surface area contributed by atoms with Gasteiger partial charge in [-0.25, -0.2) is 0 Å². The molecule has 1 rings (SSSR count). The van der Waals surface area contributed by atoms with Crippen molar-refractivity contribution in [3.8, 4) is 0 Å². The Balaban J connectivity index is 3.24. The molecule has 1 aromatic carbocycles. The van der Waals surface area contributed by atoms with Gasteiger partial charge in [-0.1, -0.05) is 36.4 Å². The van der Waals surface area contributed by atoms with Crippen LogP contribution in [-0.4, -0.2) is 57.3 Å². The van der Waals surface area contributed by atoms with Crippen molar-refractivity contribution >= 4 is 29.8 Å². The van der Waals surface area contributed by atoms with Gasteiger partial charge in [-0.05, 0) is 64.1 Å². The maximum absolute atomic E-state index is 5.92. The minimum Gasteiger partial charge on any atom is -0.371 e. The second-order valence-corrected chi connectivity index (χ2v) is 10.9. The monoisotopic (exact) mass is 454 g/mol. The Bertz CT molecular complexity index is 561. The molecule has 6 nitrogen and oxygen atoms in total. The minimum absolute atomic E-state index is 0.531. The Hall–Kier alpha value is -1.11. The zero-order chi connectivity index (χ0) is 22.3. The van der Waals surface area contributed by atoms with Crippen LogP contribution >= 0.6 is 0 Å². The SMILES string of the molecule is CCO[Si](/C=C/c1ccccc1/C=C/[Si](OCC)(OCC)OCC)(OCC)OCC. The summed E-state index contributed by atoms with van der Waals surface area (Å²) in [6.07, 6.45) is 4.02. The van der Waals surface area contributed by atoms with E-state index >= 15 is 0 Å². The molecule has 0 saturated carbocycles. The van der Waals surface area contributed by atoms with E-state index in [1.165, 1.54) is 0 Å². The van der Waals surface area contributed by atoms with Crippen molar-refractivity contribution in [3.05, 3.63) is 46.8 Å². The fourth-order valence-corrected chi connectivity index (χ4v) is 7.20. The van der Waals surface area contributed by atoms with Crippen molar-refractivity contribution in [2.24, 2.45) is 0 Å². The average Bonchev–Trinajstić information content (AvgIpc) is 2.73. The Morgan fingerprint density at radius 2 is 0.800 bits per heavy atom. The van der Waals surface area contributed by atoms with Gasteiger partial charge in [-0.3, -0.25) is 0 Å². The number of rotatable bonds is 16. The van der Waals surface area contributed by atoms with Gasteiger partial charge in [-0.15, -0.1) is 0 Å². The van der Waals surface area contributed by atoms with Gasteiger partial charge in [0, 0.05) is 39.6 Å². The first-order chi connectivity index (χ1) is 14.5. The summed E-state index contributed by atoms with van der Waals surface area (Å²) in [5.74, 6) is 0. The van der Waals surface area contributed by atoms with Crippen LogP contribution in [0.4, 0.5) is 0 Å². The van der Waals surface area contributed by atoms with Crippen LogP contribution in [0.15, 0.2) is 35.7 Å². The molecule has 0 spiro atoms. The average molecular weight is 455 g/mol. The molecule has 0 aliphatic heterocycles. The summed E-state index contributed by atoms with van der Waals surface area (Å²) in [5.41, 5.74) is 5.96. The van der Waals surface area contributed by atoms with E-state index in [0.29, 0.717) is 39.6 Å². The first-order valence-corrected chi connectivity index (χ1v) is 14.5. The van der Waals surface area contributed by atoms with E-state index in [9.17, 15) is 0 Å². The number of benzene rings is 1. The molecule has 0 aliphatic carbocycles. The van der Waals surface area contributed by atoms with Crippen LogP contribution in [0.1, 0.15) is 52.7 Å². The van der Waals surface area contributed by atoms with Gasteiger partial charge in [0.15, 0.2) is 0 Å². The molecule has 0 bridgehead atoms. The van der Waals surface area contributed by atoms with Crippen LogP contribution < -0.4 is 0 Å². The van der Waals surface area contributed by atoms with Crippen molar-refractivity contribution in [3.63, 3.8) is 0 Å². The zero-order valence-corrected chi connectivity index (χ0v) is 21.3. The van der Waals surface area contributed by atoms with E-state index in [-0.39, 0.29) is 0 Å². The molecule has 0 unspecified atom stereocenters. The van der Waals surface area contributed by atoms with E-state index in [1.807, 2.05) is 89.4 Å². The molecule has 8 heteroatoms. The lowest BCUT2D eigenvalue weighted by molar-refractivity contribution is 0.0837. The number of hydrogen-bond acceptors (Lipinski definition) is 6. The third kappa shape index (κ3) is 8.56. The molecule has 0 amide bonds. The lowest BCUT2D eigenvalue weighted by Gasteiger charge is -2.25. The van der Waals surface area contributed by atoms with Gasteiger partial charge in [-0.2, -0.15) is 0 Å². The summed E-state index contributed by atoms with van der Waals surface area (Å²) in [7, 11) is -5.74. The molecule has 0 aliphatic rings. The van der Waals surface area contributed by atoms with E-state index in [0.717, 1.165) is 11.1 Å². The number of hydrogen-bond donors (Lipinski definition) is 0. The van der Waals surface area contributed by atoms with Crippen molar-refractivity contribution in [1.29, 1.82) is 0 Å². The third-order valence-corrected chi connectivity index (χ3v) is 9.30. The third-order valence-electron chi connectivity index (χ3n) is 4.00. The summed E-state index contributed by atoms with van der Waals surface area (Å²) in [5, 5.41) is 0. The quantitative estimate of drug-likeness (QED) is 0.332. The molecule has 0 fully saturated rings. The van der Waals surface area contributed by atoms with Crippen LogP contribution in [0.3, 0.4) is 0 Å². The highest BCUT2D eigenvalue weighted by atomic mass is 28.4. The fourth-order valence-electron chi connectivity index (χ4n) is 2.94. The van der Waals surface area contributed by atoms with Crippen LogP contribution in [0.2, 0.25) is 0 Å². The molecule has 0 aromatic heterocycles. The zero-order valence-electron chi connectivity index (χ0n) is 19.3. The van der Waals surface area contributed by atoms with Crippen molar-refractivity contribution < 1.29 is 26.6 Å². The van der Waals surface area contributed by atoms with Crippen molar-refractivity contribution in [2.45, 2.75) is 41.5 Å². The fraction of sp³-hybridized carbons (Fsp3) is 0.545. The predicted octanol–water partition coefficient (Wildman–Crippen LogP) is 4.89. The predicted molar refractivity (Wildman–Crippen MR) is 126 cm³/mol. The summed E-state index contributed by atoms with van der Waals surface area (Å²) < 4.78 is 35.5. The summed E-state index contributed by atoms with van der Waals surface area (Å²) in [4.78, 5) is 0. The summed E-state index contributed by atoms with van der Waals surface area (Å²) in [6, 6.07) is 8.09. The minimum atomic E-state index is -2.87. The van der Waals surface area contributed by atoms with Gasteiger partial charge in [0.25, 0.3) is 0 Å². The van der Waals surface area contributed by atoms with E-state index in [4.69, 9.17) is 26.6 Å². The van der Waals surface area contributed by atoms with Gasteiger partial charge in [0.2, 0.25) is 0 Å². The maximum Gasteiger partial charge on any atom is 0.529 e. The normalized spacial score (nSPS) is 13.0. The molecule has 0 heterocycles. The largest absolute Gasteiger partial charge is 0.529 e.